The molecular weight excluding hydrogens is 235 g/mol. The monoisotopic (exact) mass is 242 g/mol. The van der Waals surface area contributed by atoms with E-state index < -0.39 is 0 Å². The number of pyridine rings is 1. The SMILES string of the molecule is Cc1cnn(-c2nc(N)c(Cl)cc2Cl)c1. The second-order valence-electron chi connectivity index (χ2n) is 3.12. The molecule has 15 heavy (non-hydrogen) atoms. The minimum atomic E-state index is 0.240. The van der Waals surface area contributed by atoms with Gasteiger partial charge < -0.3 is 5.73 Å². The van der Waals surface area contributed by atoms with E-state index in [4.69, 9.17) is 28.9 Å². The number of aromatic nitrogens is 3. The van der Waals surface area contributed by atoms with Gasteiger partial charge in [-0.25, -0.2) is 9.67 Å². The molecule has 0 aliphatic rings. The maximum absolute atomic E-state index is 5.98. The van der Waals surface area contributed by atoms with E-state index in [9.17, 15) is 0 Å². The molecule has 2 aromatic rings. The number of halogens is 2. The molecule has 0 bridgehead atoms. The van der Waals surface area contributed by atoms with Crippen molar-refractivity contribution in [3.8, 4) is 5.82 Å². The molecule has 0 amide bonds. The number of nitrogens with two attached hydrogens (primary N) is 1. The molecule has 2 N–H and O–H groups in total. The summed E-state index contributed by atoms with van der Waals surface area (Å²) in [5.74, 6) is 0.718. The van der Waals surface area contributed by atoms with Gasteiger partial charge in [-0.2, -0.15) is 5.10 Å². The minimum Gasteiger partial charge on any atom is -0.382 e. The smallest absolute Gasteiger partial charge is 0.174 e. The third-order valence-electron chi connectivity index (χ3n) is 1.87. The molecule has 0 unspecified atom stereocenters. The van der Waals surface area contributed by atoms with E-state index in [-0.39, 0.29) is 5.82 Å². The lowest BCUT2D eigenvalue weighted by Gasteiger charge is -2.05. The van der Waals surface area contributed by atoms with Crippen molar-refractivity contribution in [2.24, 2.45) is 0 Å². The van der Waals surface area contributed by atoms with Gasteiger partial charge in [-0.1, -0.05) is 23.2 Å². The van der Waals surface area contributed by atoms with Gasteiger partial charge in [-0.05, 0) is 18.6 Å². The Morgan fingerprint density at radius 1 is 1.33 bits per heavy atom. The molecule has 0 saturated heterocycles. The average Bonchev–Trinajstić information content (AvgIpc) is 2.58. The molecule has 4 nitrogen and oxygen atoms in total. The third-order valence-corrected chi connectivity index (χ3v) is 2.45. The van der Waals surface area contributed by atoms with Crippen LogP contribution in [0.3, 0.4) is 0 Å². The van der Waals surface area contributed by atoms with Gasteiger partial charge in [0.15, 0.2) is 5.82 Å². The third kappa shape index (κ3) is 1.91. The molecule has 2 rings (SSSR count). The summed E-state index contributed by atoms with van der Waals surface area (Å²) in [5, 5.41) is 4.84. The van der Waals surface area contributed by atoms with Crippen molar-refractivity contribution in [1.82, 2.24) is 14.8 Å². The zero-order chi connectivity index (χ0) is 11.0. The number of hydrogen-bond acceptors (Lipinski definition) is 3. The van der Waals surface area contributed by atoms with Gasteiger partial charge in [-0.3, -0.25) is 0 Å². The van der Waals surface area contributed by atoms with Gasteiger partial charge in [-0.15, -0.1) is 0 Å². The first-order valence-electron chi connectivity index (χ1n) is 4.21. The Balaban J connectivity index is 2.58. The highest BCUT2D eigenvalue weighted by atomic mass is 35.5. The fraction of sp³-hybridized carbons (Fsp3) is 0.111. The molecule has 0 fully saturated rings. The predicted molar refractivity (Wildman–Crippen MR) is 60.5 cm³/mol. The van der Waals surface area contributed by atoms with Crippen LogP contribution in [0.2, 0.25) is 10.0 Å². The second kappa shape index (κ2) is 3.72. The molecule has 2 heterocycles. The summed E-state index contributed by atoms with van der Waals surface area (Å²) < 4.78 is 1.56. The van der Waals surface area contributed by atoms with Crippen molar-refractivity contribution in [3.05, 3.63) is 34.1 Å². The molecule has 0 aromatic carbocycles. The summed E-state index contributed by atoms with van der Waals surface area (Å²) in [4.78, 5) is 4.07. The molecule has 0 saturated carbocycles. The van der Waals surface area contributed by atoms with Crippen LogP contribution in [0.25, 0.3) is 5.82 Å². The fourth-order valence-electron chi connectivity index (χ4n) is 1.16. The maximum Gasteiger partial charge on any atom is 0.174 e. The largest absolute Gasteiger partial charge is 0.382 e. The van der Waals surface area contributed by atoms with Crippen LogP contribution in [-0.2, 0) is 0 Å². The van der Waals surface area contributed by atoms with E-state index in [1.807, 2.05) is 13.1 Å². The molecule has 0 spiro atoms. The lowest BCUT2D eigenvalue weighted by atomic mass is 10.4. The van der Waals surface area contributed by atoms with Crippen LogP contribution in [0.5, 0.6) is 0 Å². The summed E-state index contributed by atoms with van der Waals surface area (Å²) in [6.45, 7) is 1.93. The Bertz CT molecular complexity index is 507. The molecule has 0 aliphatic heterocycles. The lowest BCUT2D eigenvalue weighted by Crippen LogP contribution is -2.02. The Morgan fingerprint density at radius 2 is 2.07 bits per heavy atom. The zero-order valence-electron chi connectivity index (χ0n) is 7.91. The number of nitrogens with zero attached hydrogens (tertiary/aromatic N) is 3. The summed E-state index contributed by atoms with van der Waals surface area (Å²) in [7, 11) is 0. The maximum atomic E-state index is 5.98. The normalized spacial score (nSPS) is 10.6. The second-order valence-corrected chi connectivity index (χ2v) is 3.94. The van der Waals surface area contributed by atoms with Crippen LogP contribution in [-0.4, -0.2) is 14.8 Å². The van der Waals surface area contributed by atoms with Crippen molar-refractivity contribution >= 4 is 29.0 Å². The fourth-order valence-corrected chi connectivity index (χ4v) is 1.61. The highest BCUT2D eigenvalue weighted by Gasteiger charge is 2.09. The Morgan fingerprint density at radius 3 is 2.67 bits per heavy atom. The first-order chi connectivity index (χ1) is 7.08. The van der Waals surface area contributed by atoms with Crippen molar-refractivity contribution in [3.63, 3.8) is 0 Å². The zero-order valence-corrected chi connectivity index (χ0v) is 9.42. The molecule has 0 aliphatic carbocycles. The molecule has 2 aromatic heterocycles. The molecule has 78 valence electrons. The van der Waals surface area contributed by atoms with Crippen LogP contribution < -0.4 is 5.73 Å². The Kier molecular flexibility index (Phi) is 2.54. The Labute approximate surface area is 96.6 Å². The van der Waals surface area contributed by atoms with E-state index >= 15 is 0 Å². The van der Waals surface area contributed by atoms with E-state index in [0.717, 1.165) is 5.56 Å². The van der Waals surface area contributed by atoms with Gasteiger partial charge in [0.25, 0.3) is 0 Å². The molecule has 0 atom stereocenters. The van der Waals surface area contributed by atoms with Crippen LogP contribution in [0.15, 0.2) is 18.5 Å². The van der Waals surface area contributed by atoms with E-state index in [1.165, 1.54) is 0 Å². The molecule has 6 heteroatoms. The van der Waals surface area contributed by atoms with Gasteiger partial charge in [0.2, 0.25) is 0 Å². The predicted octanol–water partition coefficient (Wildman–Crippen LogP) is 2.46. The summed E-state index contributed by atoms with van der Waals surface area (Å²) in [6, 6.07) is 1.55. The van der Waals surface area contributed by atoms with Crippen LogP contribution >= 0.6 is 23.2 Å². The van der Waals surface area contributed by atoms with Crippen molar-refractivity contribution in [1.29, 1.82) is 0 Å². The highest BCUT2D eigenvalue weighted by molar-refractivity contribution is 6.36. The quantitative estimate of drug-likeness (QED) is 0.836. The van der Waals surface area contributed by atoms with Crippen molar-refractivity contribution in [2.75, 3.05) is 5.73 Å². The van der Waals surface area contributed by atoms with Gasteiger partial charge in [0.1, 0.15) is 5.82 Å². The number of rotatable bonds is 1. The number of aryl methyl sites for hydroxylation is 1. The topological polar surface area (TPSA) is 56.7 Å². The minimum absolute atomic E-state index is 0.240. The number of nitrogen functional groups attached to an aromatic ring is 1. The summed E-state index contributed by atoms with van der Waals surface area (Å²) in [5.41, 5.74) is 6.61. The lowest BCUT2D eigenvalue weighted by molar-refractivity contribution is 0.849. The van der Waals surface area contributed by atoms with Crippen LogP contribution in [0.1, 0.15) is 5.56 Å². The standard InChI is InChI=1S/C9H8Cl2N4/c1-5-3-13-15(4-5)9-7(11)2-6(10)8(12)14-9/h2-4H,1H3,(H2,12,14). The van der Waals surface area contributed by atoms with Crippen LogP contribution in [0, 0.1) is 6.92 Å². The Hall–Kier alpha value is -1.26. The first kappa shape index (κ1) is 10.3. The van der Waals surface area contributed by atoms with Crippen molar-refractivity contribution in [2.45, 2.75) is 6.92 Å². The number of anilines is 1. The van der Waals surface area contributed by atoms with E-state index in [2.05, 4.69) is 10.1 Å². The summed E-state index contributed by atoms with van der Waals surface area (Å²) in [6.07, 6.45) is 3.52. The van der Waals surface area contributed by atoms with Gasteiger partial charge >= 0.3 is 0 Å². The van der Waals surface area contributed by atoms with Crippen molar-refractivity contribution < 1.29 is 0 Å². The first-order valence-corrected chi connectivity index (χ1v) is 4.96. The van der Waals surface area contributed by atoms with E-state index in [1.54, 1.807) is 16.9 Å². The molecule has 0 radical (unpaired) electrons. The van der Waals surface area contributed by atoms with Crippen LogP contribution in [0.4, 0.5) is 5.82 Å². The highest BCUT2D eigenvalue weighted by Crippen LogP contribution is 2.26. The summed E-state index contributed by atoms with van der Waals surface area (Å²) >= 11 is 11.8. The average molecular weight is 243 g/mol. The van der Waals surface area contributed by atoms with E-state index in [0.29, 0.717) is 15.9 Å². The number of hydrogen-bond donors (Lipinski definition) is 1. The molecular formula is C9H8Cl2N4. The van der Waals surface area contributed by atoms with Gasteiger partial charge in [0.05, 0.1) is 16.2 Å². The van der Waals surface area contributed by atoms with Gasteiger partial charge in [0, 0.05) is 6.20 Å².